The van der Waals surface area contributed by atoms with Gasteiger partial charge in [0.25, 0.3) is 0 Å². The van der Waals surface area contributed by atoms with Gasteiger partial charge in [0, 0.05) is 19.5 Å². The summed E-state index contributed by atoms with van der Waals surface area (Å²) < 4.78 is 10.7. The predicted molar refractivity (Wildman–Crippen MR) is 95.7 cm³/mol. The lowest BCUT2D eigenvalue weighted by atomic mass is 9.93. The molecule has 6 heteroatoms. The fourth-order valence-electron chi connectivity index (χ4n) is 3.29. The van der Waals surface area contributed by atoms with E-state index < -0.39 is 0 Å². The fraction of sp³-hybridized carbons (Fsp3) is 0.611. The van der Waals surface area contributed by atoms with E-state index in [-0.39, 0.29) is 25.1 Å². The number of nitrogens with one attached hydrogen (secondary N) is 1. The van der Waals surface area contributed by atoms with Gasteiger partial charge in [0.1, 0.15) is 0 Å². The smallest absolute Gasteiger partial charge is 0.231 e. The van der Waals surface area contributed by atoms with Crippen LogP contribution in [0.4, 0.5) is 0 Å². The third-order valence-electron chi connectivity index (χ3n) is 4.77. The zero-order valence-electron chi connectivity index (χ0n) is 14.3. The van der Waals surface area contributed by atoms with Crippen molar-refractivity contribution >= 4 is 18.3 Å². The first kappa shape index (κ1) is 18.9. The molecule has 1 saturated heterocycles. The molecule has 0 bridgehead atoms. The summed E-state index contributed by atoms with van der Waals surface area (Å²) in [6.45, 7) is 5.87. The maximum Gasteiger partial charge on any atom is 0.231 e. The van der Waals surface area contributed by atoms with Crippen LogP contribution in [0.25, 0.3) is 0 Å². The van der Waals surface area contributed by atoms with E-state index in [9.17, 15) is 4.79 Å². The number of rotatable bonds is 6. The van der Waals surface area contributed by atoms with Gasteiger partial charge in [-0.3, -0.25) is 4.79 Å². The van der Waals surface area contributed by atoms with Crippen molar-refractivity contribution in [2.24, 2.45) is 5.92 Å². The summed E-state index contributed by atoms with van der Waals surface area (Å²) in [7, 11) is 0. The third-order valence-corrected chi connectivity index (χ3v) is 4.77. The maximum absolute atomic E-state index is 12.5. The van der Waals surface area contributed by atoms with Crippen LogP contribution in [-0.4, -0.2) is 37.2 Å². The highest BCUT2D eigenvalue weighted by Gasteiger charge is 2.19. The lowest BCUT2D eigenvalue weighted by Gasteiger charge is -2.25. The average Bonchev–Trinajstić information content (AvgIpc) is 3.06. The zero-order valence-corrected chi connectivity index (χ0v) is 15.1. The standard InChI is InChI=1S/C18H26N2O3.ClH/c1-2-20(18(21)6-4-14-7-9-19-10-8-14)12-15-3-5-16-17(11-15)23-13-22-16;/h3,5,11,14,19H,2,4,6-10,12-13H2,1H3;1H. The van der Waals surface area contributed by atoms with E-state index >= 15 is 0 Å². The number of nitrogens with zero attached hydrogens (tertiary/aromatic N) is 1. The van der Waals surface area contributed by atoms with Crippen molar-refractivity contribution in [2.45, 2.75) is 39.2 Å². The number of halogens is 1. The summed E-state index contributed by atoms with van der Waals surface area (Å²) in [6.07, 6.45) is 4.06. The normalized spacial score (nSPS) is 16.5. The molecule has 2 heterocycles. The second-order valence-corrected chi connectivity index (χ2v) is 6.33. The van der Waals surface area contributed by atoms with E-state index in [1.54, 1.807) is 0 Å². The molecule has 0 aliphatic carbocycles. The van der Waals surface area contributed by atoms with Gasteiger partial charge in [-0.15, -0.1) is 12.4 Å². The zero-order chi connectivity index (χ0) is 16.1. The van der Waals surface area contributed by atoms with Crippen molar-refractivity contribution in [2.75, 3.05) is 26.4 Å². The predicted octanol–water partition coefficient (Wildman–Crippen LogP) is 2.97. The molecule has 0 saturated carbocycles. The molecule has 1 aromatic carbocycles. The highest BCUT2D eigenvalue weighted by Crippen LogP contribution is 2.32. The summed E-state index contributed by atoms with van der Waals surface area (Å²) in [5, 5.41) is 3.37. The van der Waals surface area contributed by atoms with Gasteiger partial charge in [-0.2, -0.15) is 0 Å². The molecule has 0 aromatic heterocycles. The Hall–Kier alpha value is -1.46. The van der Waals surface area contributed by atoms with Crippen LogP contribution in [0, 0.1) is 5.92 Å². The molecule has 2 aliphatic heterocycles. The molecule has 3 rings (SSSR count). The van der Waals surface area contributed by atoms with Crippen molar-refractivity contribution in [3.05, 3.63) is 23.8 Å². The Balaban J connectivity index is 0.00000208. The van der Waals surface area contributed by atoms with E-state index in [4.69, 9.17) is 9.47 Å². The number of benzene rings is 1. The van der Waals surface area contributed by atoms with E-state index in [0.717, 1.165) is 43.1 Å². The Morgan fingerprint density at radius 3 is 2.75 bits per heavy atom. The molecule has 0 atom stereocenters. The number of hydrogen-bond acceptors (Lipinski definition) is 4. The second kappa shape index (κ2) is 9.14. The number of carbonyl (C=O) groups is 1. The molecule has 2 aliphatic rings. The first-order valence-corrected chi connectivity index (χ1v) is 8.63. The van der Waals surface area contributed by atoms with E-state index in [2.05, 4.69) is 5.32 Å². The molecule has 1 amide bonds. The molecule has 5 nitrogen and oxygen atoms in total. The number of carbonyl (C=O) groups excluding carboxylic acids is 1. The van der Waals surface area contributed by atoms with E-state index in [1.165, 1.54) is 12.8 Å². The Labute approximate surface area is 150 Å². The Morgan fingerprint density at radius 2 is 2.00 bits per heavy atom. The van der Waals surface area contributed by atoms with Gasteiger partial charge in [-0.05, 0) is 62.9 Å². The summed E-state index contributed by atoms with van der Waals surface area (Å²) in [6, 6.07) is 5.91. The summed E-state index contributed by atoms with van der Waals surface area (Å²) in [5.41, 5.74) is 1.09. The van der Waals surface area contributed by atoms with Crippen LogP contribution < -0.4 is 14.8 Å². The number of hydrogen-bond donors (Lipinski definition) is 1. The minimum Gasteiger partial charge on any atom is -0.454 e. The van der Waals surface area contributed by atoms with Gasteiger partial charge in [0.05, 0.1) is 0 Å². The molecule has 1 N–H and O–H groups in total. The van der Waals surface area contributed by atoms with Crippen LogP contribution in [0.5, 0.6) is 11.5 Å². The van der Waals surface area contributed by atoms with Gasteiger partial charge in [-0.25, -0.2) is 0 Å². The molecule has 0 radical (unpaired) electrons. The molecule has 134 valence electrons. The number of amides is 1. The Bertz CT molecular complexity index is 547. The minimum absolute atomic E-state index is 0. The Morgan fingerprint density at radius 1 is 1.25 bits per heavy atom. The monoisotopic (exact) mass is 354 g/mol. The molecular weight excluding hydrogens is 328 g/mol. The number of fused-ring (bicyclic) bond motifs is 1. The number of ether oxygens (including phenoxy) is 2. The third kappa shape index (κ3) is 4.77. The van der Waals surface area contributed by atoms with E-state index in [0.29, 0.717) is 18.9 Å². The van der Waals surface area contributed by atoms with Crippen molar-refractivity contribution in [3.8, 4) is 11.5 Å². The van der Waals surface area contributed by atoms with Crippen LogP contribution in [0.15, 0.2) is 18.2 Å². The van der Waals surface area contributed by atoms with Crippen LogP contribution in [-0.2, 0) is 11.3 Å². The Kier molecular flexibility index (Phi) is 7.18. The van der Waals surface area contributed by atoms with Crippen molar-refractivity contribution in [3.63, 3.8) is 0 Å². The van der Waals surface area contributed by atoms with Gasteiger partial charge >= 0.3 is 0 Å². The summed E-state index contributed by atoms with van der Waals surface area (Å²) in [5.74, 6) is 2.52. The molecule has 24 heavy (non-hydrogen) atoms. The lowest BCUT2D eigenvalue weighted by Crippen LogP contribution is -2.32. The second-order valence-electron chi connectivity index (χ2n) is 6.33. The van der Waals surface area contributed by atoms with Crippen LogP contribution in [0.2, 0.25) is 0 Å². The van der Waals surface area contributed by atoms with Crippen LogP contribution in [0.1, 0.15) is 38.2 Å². The topological polar surface area (TPSA) is 50.8 Å². The largest absolute Gasteiger partial charge is 0.454 e. The maximum atomic E-state index is 12.5. The van der Waals surface area contributed by atoms with Gasteiger partial charge < -0.3 is 19.7 Å². The lowest BCUT2D eigenvalue weighted by molar-refractivity contribution is -0.132. The van der Waals surface area contributed by atoms with Crippen molar-refractivity contribution in [1.82, 2.24) is 10.2 Å². The molecule has 0 spiro atoms. The molecule has 0 unspecified atom stereocenters. The van der Waals surface area contributed by atoms with Gasteiger partial charge in [0.2, 0.25) is 12.7 Å². The SMILES string of the molecule is CCN(Cc1ccc2c(c1)OCO2)C(=O)CCC1CCNCC1.Cl. The molecular formula is C18H27ClN2O3. The minimum atomic E-state index is 0. The van der Waals surface area contributed by atoms with Crippen molar-refractivity contribution < 1.29 is 14.3 Å². The summed E-state index contributed by atoms with van der Waals surface area (Å²) >= 11 is 0. The number of piperidine rings is 1. The first-order valence-electron chi connectivity index (χ1n) is 8.63. The average molecular weight is 355 g/mol. The van der Waals surface area contributed by atoms with Crippen LogP contribution in [0.3, 0.4) is 0 Å². The quantitative estimate of drug-likeness (QED) is 0.853. The van der Waals surface area contributed by atoms with Gasteiger partial charge in [-0.1, -0.05) is 6.07 Å². The van der Waals surface area contributed by atoms with Crippen LogP contribution >= 0.6 is 12.4 Å². The highest BCUT2D eigenvalue weighted by atomic mass is 35.5. The molecule has 1 aromatic rings. The molecule has 1 fully saturated rings. The van der Waals surface area contributed by atoms with E-state index in [1.807, 2.05) is 30.0 Å². The highest BCUT2D eigenvalue weighted by molar-refractivity contribution is 5.85. The summed E-state index contributed by atoms with van der Waals surface area (Å²) in [4.78, 5) is 14.4. The van der Waals surface area contributed by atoms with Crippen molar-refractivity contribution in [1.29, 1.82) is 0 Å². The fourth-order valence-corrected chi connectivity index (χ4v) is 3.29. The van der Waals surface area contributed by atoms with Gasteiger partial charge in [0.15, 0.2) is 11.5 Å². The first-order chi connectivity index (χ1) is 11.3.